The van der Waals surface area contributed by atoms with Gasteiger partial charge in [0, 0.05) is 32.0 Å². The molecule has 1 saturated heterocycles. The smallest absolute Gasteiger partial charge is 0.293 e. The topological polar surface area (TPSA) is 59.0 Å². The summed E-state index contributed by atoms with van der Waals surface area (Å²) >= 11 is 0. The molecule has 1 aliphatic heterocycles. The van der Waals surface area contributed by atoms with Crippen LogP contribution < -0.4 is 16.2 Å². The van der Waals surface area contributed by atoms with Gasteiger partial charge < -0.3 is 15.2 Å². The molecule has 88 valence electrons. The Kier molecular flexibility index (Phi) is 3.56. The summed E-state index contributed by atoms with van der Waals surface area (Å²) in [6.45, 7) is 1.97. The number of nitrogens with zero attached hydrogens (tertiary/aromatic N) is 2. The predicted octanol–water partition coefficient (Wildman–Crippen LogP) is 0.334. The van der Waals surface area contributed by atoms with Crippen LogP contribution in [0.25, 0.3) is 0 Å². The Morgan fingerprint density at radius 3 is 3.31 bits per heavy atom. The summed E-state index contributed by atoms with van der Waals surface area (Å²) in [7, 11) is 1.74. The Labute approximate surface area is 94.9 Å². The Morgan fingerprint density at radius 1 is 1.56 bits per heavy atom. The largest absolute Gasteiger partial charge is 0.361 e. The molecule has 1 aliphatic rings. The van der Waals surface area contributed by atoms with Gasteiger partial charge >= 0.3 is 0 Å². The lowest BCUT2D eigenvalue weighted by atomic mass is 10.1. The summed E-state index contributed by atoms with van der Waals surface area (Å²) in [6, 6.07) is 0.310. The Bertz CT molecular complexity index is 393. The Balaban J connectivity index is 2.07. The van der Waals surface area contributed by atoms with Crippen LogP contribution in [0.3, 0.4) is 0 Å². The zero-order chi connectivity index (χ0) is 11.4. The van der Waals surface area contributed by atoms with E-state index in [-0.39, 0.29) is 5.56 Å². The maximum Gasteiger partial charge on any atom is 0.293 e. The molecule has 2 N–H and O–H groups in total. The zero-order valence-electron chi connectivity index (χ0n) is 9.57. The highest BCUT2D eigenvalue weighted by Gasteiger charge is 2.13. The number of nitrogens with one attached hydrogen (secondary N) is 2. The number of hydrogen-bond donors (Lipinski definition) is 2. The third kappa shape index (κ3) is 2.61. The maximum absolute atomic E-state index is 11.7. The first kappa shape index (κ1) is 11.1. The molecule has 0 bridgehead atoms. The molecule has 2 rings (SSSR count). The first-order valence-electron chi connectivity index (χ1n) is 5.76. The molecule has 0 spiro atoms. The average Bonchev–Trinajstić information content (AvgIpc) is 2.53. The number of hydrogen-bond acceptors (Lipinski definition) is 4. The van der Waals surface area contributed by atoms with E-state index in [1.165, 1.54) is 12.8 Å². The third-order valence-electron chi connectivity index (χ3n) is 2.90. The van der Waals surface area contributed by atoms with Gasteiger partial charge in [-0.2, -0.15) is 0 Å². The summed E-state index contributed by atoms with van der Waals surface area (Å²) in [5.41, 5.74) is -0.0632. The highest BCUT2D eigenvalue weighted by Crippen LogP contribution is 2.07. The molecule has 0 radical (unpaired) electrons. The second kappa shape index (κ2) is 5.12. The molecular weight excluding hydrogens is 204 g/mol. The van der Waals surface area contributed by atoms with Crippen LogP contribution in [0.1, 0.15) is 19.3 Å². The van der Waals surface area contributed by atoms with E-state index in [0.29, 0.717) is 11.9 Å². The molecule has 1 unspecified atom stereocenters. The molecule has 0 aromatic carbocycles. The van der Waals surface area contributed by atoms with Crippen molar-refractivity contribution in [1.82, 2.24) is 14.9 Å². The zero-order valence-corrected chi connectivity index (χ0v) is 9.57. The molecule has 1 atom stereocenters. The van der Waals surface area contributed by atoms with E-state index in [4.69, 9.17) is 0 Å². The van der Waals surface area contributed by atoms with E-state index < -0.39 is 0 Å². The lowest BCUT2D eigenvalue weighted by Gasteiger charge is -2.16. The molecule has 5 heteroatoms. The van der Waals surface area contributed by atoms with E-state index in [9.17, 15) is 4.79 Å². The molecule has 16 heavy (non-hydrogen) atoms. The van der Waals surface area contributed by atoms with E-state index in [0.717, 1.165) is 19.5 Å². The standard InChI is InChI=1S/C11H18N4O/c1-15-7-6-13-10(11(15)16)14-9-4-2-3-5-12-8-9/h6-7,9,12H,2-5,8H2,1H3,(H,13,14). The third-order valence-corrected chi connectivity index (χ3v) is 2.90. The van der Waals surface area contributed by atoms with Crippen LogP contribution in [0.15, 0.2) is 17.2 Å². The van der Waals surface area contributed by atoms with Crippen LogP contribution in [-0.4, -0.2) is 28.7 Å². The van der Waals surface area contributed by atoms with Gasteiger partial charge in [0.25, 0.3) is 5.56 Å². The lowest BCUT2D eigenvalue weighted by Crippen LogP contribution is -2.34. The van der Waals surface area contributed by atoms with Crippen molar-refractivity contribution < 1.29 is 0 Å². The summed E-state index contributed by atoms with van der Waals surface area (Å²) in [5, 5.41) is 6.58. The van der Waals surface area contributed by atoms with Crippen LogP contribution in [-0.2, 0) is 7.05 Å². The predicted molar refractivity (Wildman–Crippen MR) is 63.6 cm³/mol. The van der Waals surface area contributed by atoms with Crippen molar-refractivity contribution in [1.29, 1.82) is 0 Å². The second-order valence-electron chi connectivity index (χ2n) is 4.23. The highest BCUT2D eigenvalue weighted by molar-refractivity contribution is 5.32. The van der Waals surface area contributed by atoms with Crippen molar-refractivity contribution in [3.05, 3.63) is 22.7 Å². The number of aromatic nitrogens is 2. The first-order chi connectivity index (χ1) is 7.77. The molecule has 1 aromatic rings. The Hall–Kier alpha value is -1.36. The van der Waals surface area contributed by atoms with E-state index in [2.05, 4.69) is 15.6 Å². The van der Waals surface area contributed by atoms with Gasteiger partial charge in [0.1, 0.15) is 0 Å². The fraction of sp³-hybridized carbons (Fsp3) is 0.636. The van der Waals surface area contributed by atoms with Crippen molar-refractivity contribution in [2.24, 2.45) is 7.05 Å². The minimum atomic E-state index is -0.0632. The summed E-state index contributed by atoms with van der Waals surface area (Å²) in [6.07, 6.45) is 6.80. The fourth-order valence-electron chi connectivity index (χ4n) is 1.93. The minimum absolute atomic E-state index is 0.0632. The van der Waals surface area contributed by atoms with Crippen molar-refractivity contribution in [2.45, 2.75) is 25.3 Å². The van der Waals surface area contributed by atoms with Crippen LogP contribution in [0, 0.1) is 0 Å². The van der Waals surface area contributed by atoms with Crippen LogP contribution >= 0.6 is 0 Å². The van der Waals surface area contributed by atoms with Gasteiger partial charge in [0.15, 0.2) is 5.82 Å². The second-order valence-corrected chi connectivity index (χ2v) is 4.23. The first-order valence-corrected chi connectivity index (χ1v) is 5.76. The monoisotopic (exact) mass is 222 g/mol. The molecule has 1 aromatic heterocycles. The van der Waals surface area contributed by atoms with Crippen molar-refractivity contribution in [3.63, 3.8) is 0 Å². The highest BCUT2D eigenvalue weighted by atomic mass is 16.1. The molecular formula is C11H18N4O. The summed E-state index contributed by atoms with van der Waals surface area (Å²) in [5.74, 6) is 0.457. The molecule has 0 amide bonds. The van der Waals surface area contributed by atoms with Crippen molar-refractivity contribution in [2.75, 3.05) is 18.4 Å². The SMILES string of the molecule is Cn1ccnc(NC2CCCCNC2)c1=O. The van der Waals surface area contributed by atoms with Gasteiger partial charge in [-0.1, -0.05) is 6.42 Å². The van der Waals surface area contributed by atoms with Crippen molar-refractivity contribution >= 4 is 5.82 Å². The molecule has 0 aliphatic carbocycles. The van der Waals surface area contributed by atoms with Crippen LogP contribution in [0.2, 0.25) is 0 Å². The van der Waals surface area contributed by atoms with E-state index in [1.807, 2.05) is 0 Å². The van der Waals surface area contributed by atoms with Gasteiger partial charge in [-0.15, -0.1) is 0 Å². The quantitative estimate of drug-likeness (QED) is 0.757. The molecule has 0 saturated carbocycles. The van der Waals surface area contributed by atoms with E-state index >= 15 is 0 Å². The number of aryl methyl sites for hydroxylation is 1. The average molecular weight is 222 g/mol. The van der Waals surface area contributed by atoms with Gasteiger partial charge in [-0.05, 0) is 19.4 Å². The van der Waals surface area contributed by atoms with Gasteiger partial charge in [0.05, 0.1) is 0 Å². The van der Waals surface area contributed by atoms with Crippen LogP contribution in [0.4, 0.5) is 5.82 Å². The number of rotatable bonds is 2. The van der Waals surface area contributed by atoms with Gasteiger partial charge in [0.2, 0.25) is 0 Å². The van der Waals surface area contributed by atoms with Crippen molar-refractivity contribution in [3.8, 4) is 0 Å². The summed E-state index contributed by atoms with van der Waals surface area (Å²) < 4.78 is 1.54. The normalized spacial score (nSPS) is 21.4. The lowest BCUT2D eigenvalue weighted by molar-refractivity contribution is 0.630. The molecule has 2 heterocycles. The maximum atomic E-state index is 11.7. The van der Waals surface area contributed by atoms with Gasteiger partial charge in [-0.25, -0.2) is 4.98 Å². The van der Waals surface area contributed by atoms with Crippen LogP contribution in [0.5, 0.6) is 0 Å². The van der Waals surface area contributed by atoms with E-state index in [1.54, 1.807) is 24.0 Å². The molecule has 5 nitrogen and oxygen atoms in total. The molecule has 1 fully saturated rings. The fourth-order valence-corrected chi connectivity index (χ4v) is 1.93. The summed E-state index contributed by atoms with van der Waals surface area (Å²) in [4.78, 5) is 15.8. The Morgan fingerprint density at radius 2 is 2.44 bits per heavy atom. The van der Waals surface area contributed by atoms with Gasteiger partial charge in [-0.3, -0.25) is 4.79 Å². The number of anilines is 1. The minimum Gasteiger partial charge on any atom is -0.361 e.